The van der Waals surface area contributed by atoms with Gasteiger partial charge in [-0.1, -0.05) is 6.42 Å². The number of ketones is 1. The van der Waals surface area contributed by atoms with Crippen LogP contribution in [0.3, 0.4) is 0 Å². The summed E-state index contributed by atoms with van der Waals surface area (Å²) in [5.74, 6) is 0.308. The highest BCUT2D eigenvalue weighted by atomic mass is 16.5. The van der Waals surface area contributed by atoms with Crippen molar-refractivity contribution in [2.45, 2.75) is 31.8 Å². The summed E-state index contributed by atoms with van der Waals surface area (Å²) >= 11 is 0. The van der Waals surface area contributed by atoms with E-state index in [9.17, 15) is 4.79 Å². The highest BCUT2D eigenvalue weighted by Crippen LogP contribution is 2.54. The summed E-state index contributed by atoms with van der Waals surface area (Å²) in [6, 6.07) is 0. The molecule has 2 heteroatoms. The summed E-state index contributed by atoms with van der Waals surface area (Å²) in [7, 11) is 1.64. The van der Waals surface area contributed by atoms with Gasteiger partial charge >= 0.3 is 0 Å². The van der Waals surface area contributed by atoms with Gasteiger partial charge in [0.05, 0.1) is 0 Å². The Morgan fingerprint density at radius 2 is 2.30 bits per heavy atom. The largest absolute Gasteiger partial charge is 0.373 e. The van der Waals surface area contributed by atoms with E-state index in [1.54, 1.807) is 7.11 Å². The van der Waals surface area contributed by atoms with E-state index >= 15 is 0 Å². The fourth-order valence-electron chi connectivity index (χ4n) is 2.19. The van der Waals surface area contributed by atoms with Crippen LogP contribution in [-0.4, -0.2) is 19.0 Å². The zero-order chi connectivity index (χ0) is 7.19. The molecule has 0 aromatic carbocycles. The van der Waals surface area contributed by atoms with E-state index in [-0.39, 0.29) is 6.10 Å². The van der Waals surface area contributed by atoms with Gasteiger partial charge in [0.2, 0.25) is 0 Å². The van der Waals surface area contributed by atoms with Gasteiger partial charge in [-0.25, -0.2) is 0 Å². The molecule has 1 unspecified atom stereocenters. The molecule has 1 spiro atoms. The van der Waals surface area contributed by atoms with Crippen molar-refractivity contribution in [3.63, 3.8) is 0 Å². The Kier molecular flexibility index (Phi) is 1.15. The second-order valence-corrected chi connectivity index (χ2v) is 3.47. The van der Waals surface area contributed by atoms with Crippen LogP contribution < -0.4 is 0 Å². The molecule has 0 amide bonds. The van der Waals surface area contributed by atoms with Gasteiger partial charge in [0.15, 0.2) is 5.78 Å². The molecule has 0 aromatic rings. The van der Waals surface area contributed by atoms with Crippen LogP contribution in [0.4, 0.5) is 0 Å². The van der Waals surface area contributed by atoms with Crippen LogP contribution >= 0.6 is 0 Å². The minimum atomic E-state index is -0.0405. The minimum absolute atomic E-state index is 0.0405. The molecule has 0 saturated heterocycles. The molecule has 0 aromatic heterocycles. The summed E-state index contributed by atoms with van der Waals surface area (Å²) in [5.41, 5.74) is 0.311. The van der Waals surface area contributed by atoms with Gasteiger partial charge in [-0.2, -0.15) is 0 Å². The molecule has 2 saturated carbocycles. The molecule has 2 fully saturated rings. The average Bonchev–Trinajstić information content (AvgIpc) is 1.79. The molecule has 0 bridgehead atoms. The predicted molar refractivity (Wildman–Crippen MR) is 36.7 cm³/mol. The summed E-state index contributed by atoms with van der Waals surface area (Å²) in [4.78, 5) is 10.9. The van der Waals surface area contributed by atoms with Gasteiger partial charge in [0.25, 0.3) is 0 Å². The third-order valence-electron chi connectivity index (χ3n) is 2.96. The highest BCUT2D eigenvalue weighted by molar-refractivity contribution is 5.91. The average molecular weight is 140 g/mol. The number of methoxy groups -OCH3 is 1. The molecule has 2 aliphatic rings. The van der Waals surface area contributed by atoms with Crippen molar-refractivity contribution in [1.82, 2.24) is 0 Å². The SMILES string of the molecule is COC1C(=O)CC12CCC2. The van der Waals surface area contributed by atoms with E-state index in [0.717, 1.165) is 6.42 Å². The second-order valence-electron chi connectivity index (χ2n) is 3.47. The van der Waals surface area contributed by atoms with E-state index in [2.05, 4.69) is 0 Å². The lowest BCUT2D eigenvalue weighted by Gasteiger charge is -2.53. The monoisotopic (exact) mass is 140 g/mol. The highest BCUT2D eigenvalue weighted by Gasteiger charge is 2.57. The van der Waals surface area contributed by atoms with Crippen LogP contribution in [0.15, 0.2) is 0 Å². The third-order valence-corrected chi connectivity index (χ3v) is 2.96. The van der Waals surface area contributed by atoms with Crippen LogP contribution in [-0.2, 0) is 9.53 Å². The Balaban J connectivity index is 2.07. The van der Waals surface area contributed by atoms with E-state index < -0.39 is 0 Å². The van der Waals surface area contributed by atoms with Crippen molar-refractivity contribution in [1.29, 1.82) is 0 Å². The first-order valence-corrected chi connectivity index (χ1v) is 3.84. The Labute approximate surface area is 60.6 Å². The topological polar surface area (TPSA) is 26.3 Å². The zero-order valence-electron chi connectivity index (χ0n) is 6.22. The molecule has 2 nitrogen and oxygen atoms in total. The van der Waals surface area contributed by atoms with Crippen LogP contribution in [0.2, 0.25) is 0 Å². The number of carbonyl (C=O) groups is 1. The number of hydrogen-bond donors (Lipinski definition) is 0. The van der Waals surface area contributed by atoms with Gasteiger partial charge in [-0.05, 0) is 12.8 Å². The summed E-state index contributed by atoms with van der Waals surface area (Å²) in [6.07, 6.45) is 4.44. The van der Waals surface area contributed by atoms with E-state index in [1.807, 2.05) is 0 Å². The summed E-state index contributed by atoms with van der Waals surface area (Å²) in [6.45, 7) is 0. The van der Waals surface area contributed by atoms with E-state index in [1.165, 1.54) is 19.3 Å². The van der Waals surface area contributed by atoms with Crippen molar-refractivity contribution in [3.05, 3.63) is 0 Å². The normalized spacial score (nSPS) is 35.3. The number of hydrogen-bond acceptors (Lipinski definition) is 2. The number of rotatable bonds is 1. The molecule has 1 atom stereocenters. The lowest BCUT2D eigenvalue weighted by molar-refractivity contribution is -0.171. The number of Topliss-reactive ketones (excluding diaryl/α,β-unsaturated/α-hetero) is 1. The first-order valence-electron chi connectivity index (χ1n) is 3.84. The van der Waals surface area contributed by atoms with Gasteiger partial charge in [0.1, 0.15) is 6.10 Å². The molecule has 56 valence electrons. The molecule has 0 radical (unpaired) electrons. The lowest BCUT2D eigenvalue weighted by Crippen LogP contribution is -2.57. The summed E-state index contributed by atoms with van der Waals surface area (Å²) in [5, 5.41) is 0. The lowest BCUT2D eigenvalue weighted by atomic mass is 9.53. The predicted octanol–water partition coefficient (Wildman–Crippen LogP) is 1.14. The maximum atomic E-state index is 10.9. The molecule has 2 aliphatic carbocycles. The molecule has 0 N–H and O–H groups in total. The Hall–Kier alpha value is -0.370. The smallest absolute Gasteiger partial charge is 0.162 e. The molecular weight excluding hydrogens is 128 g/mol. The molecule has 0 heterocycles. The van der Waals surface area contributed by atoms with Crippen molar-refractivity contribution >= 4 is 5.78 Å². The van der Waals surface area contributed by atoms with Crippen molar-refractivity contribution in [2.75, 3.05) is 7.11 Å². The van der Waals surface area contributed by atoms with Gasteiger partial charge < -0.3 is 4.74 Å². The molecule has 10 heavy (non-hydrogen) atoms. The molecule has 2 rings (SSSR count). The molecular formula is C8H12O2. The Bertz CT molecular complexity index is 170. The number of ether oxygens (including phenoxy) is 1. The van der Waals surface area contributed by atoms with Crippen molar-refractivity contribution in [3.8, 4) is 0 Å². The van der Waals surface area contributed by atoms with E-state index in [4.69, 9.17) is 4.74 Å². The Morgan fingerprint density at radius 1 is 1.60 bits per heavy atom. The van der Waals surface area contributed by atoms with Crippen LogP contribution in [0.1, 0.15) is 25.7 Å². The quantitative estimate of drug-likeness (QED) is 0.546. The van der Waals surface area contributed by atoms with Crippen LogP contribution in [0, 0.1) is 5.41 Å². The fraction of sp³-hybridized carbons (Fsp3) is 0.875. The van der Waals surface area contributed by atoms with Gasteiger partial charge in [0, 0.05) is 18.9 Å². The first-order chi connectivity index (χ1) is 4.78. The maximum absolute atomic E-state index is 10.9. The second kappa shape index (κ2) is 1.82. The van der Waals surface area contributed by atoms with Gasteiger partial charge in [-0.15, -0.1) is 0 Å². The van der Waals surface area contributed by atoms with Crippen LogP contribution in [0.25, 0.3) is 0 Å². The van der Waals surface area contributed by atoms with Crippen molar-refractivity contribution < 1.29 is 9.53 Å². The minimum Gasteiger partial charge on any atom is -0.373 e. The van der Waals surface area contributed by atoms with E-state index in [0.29, 0.717) is 11.2 Å². The maximum Gasteiger partial charge on any atom is 0.162 e. The standard InChI is InChI=1S/C8H12O2/c1-10-7-6(9)5-8(7)3-2-4-8/h7H,2-5H2,1H3. The zero-order valence-corrected chi connectivity index (χ0v) is 6.22. The Morgan fingerprint density at radius 3 is 2.50 bits per heavy atom. The number of carbonyl (C=O) groups excluding carboxylic acids is 1. The summed E-state index contributed by atoms with van der Waals surface area (Å²) < 4.78 is 5.11. The van der Waals surface area contributed by atoms with Gasteiger partial charge in [-0.3, -0.25) is 4.79 Å². The molecule has 0 aliphatic heterocycles. The fourth-order valence-corrected chi connectivity index (χ4v) is 2.19. The van der Waals surface area contributed by atoms with Crippen molar-refractivity contribution in [2.24, 2.45) is 5.41 Å². The third kappa shape index (κ3) is 0.553. The first kappa shape index (κ1) is 6.35. The van der Waals surface area contributed by atoms with Crippen LogP contribution in [0.5, 0.6) is 0 Å².